The molecule has 0 saturated heterocycles. The number of carbonyl (C=O) groups is 1. The first kappa shape index (κ1) is 15.1. The first-order valence-electron chi connectivity index (χ1n) is 6.82. The van der Waals surface area contributed by atoms with E-state index in [-0.39, 0.29) is 5.91 Å². The normalized spacial score (nSPS) is 11.8. The molecule has 2 N–H and O–H groups in total. The van der Waals surface area contributed by atoms with Gasteiger partial charge in [-0.3, -0.25) is 4.79 Å². The first-order chi connectivity index (χ1) is 10.0. The molecule has 0 fully saturated rings. The second-order valence-electron chi connectivity index (χ2n) is 4.92. The van der Waals surface area contributed by atoms with E-state index in [0.29, 0.717) is 12.4 Å². The molecule has 0 aliphatic heterocycles. The van der Waals surface area contributed by atoms with Crippen molar-refractivity contribution >= 4 is 11.6 Å². The van der Waals surface area contributed by atoms with E-state index in [4.69, 9.17) is 4.74 Å². The van der Waals surface area contributed by atoms with E-state index in [1.165, 1.54) is 6.92 Å². The van der Waals surface area contributed by atoms with Gasteiger partial charge in [-0.25, -0.2) is 0 Å². The van der Waals surface area contributed by atoms with Crippen LogP contribution in [-0.2, 0) is 11.4 Å². The minimum absolute atomic E-state index is 0.0993. The Hall–Kier alpha value is -2.33. The maximum absolute atomic E-state index is 11.0. The Labute approximate surface area is 124 Å². The number of carbonyl (C=O) groups excluding carboxylic acids is 1. The lowest BCUT2D eigenvalue weighted by atomic mass is 10.1. The molecule has 1 amide bonds. The van der Waals surface area contributed by atoms with Gasteiger partial charge in [-0.2, -0.15) is 0 Å². The molecule has 0 spiro atoms. The third-order valence-corrected chi connectivity index (χ3v) is 2.99. The number of rotatable bonds is 5. The molecule has 0 radical (unpaired) electrons. The van der Waals surface area contributed by atoms with Gasteiger partial charge in [0, 0.05) is 12.6 Å². The molecule has 0 aromatic heterocycles. The molecular formula is C17H19NO3. The van der Waals surface area contributed by atoms with Crippen molar-refractivity contribution in [3.63, 3.8) is 0 Å². The number of benzene rings is 2. The van der Waals surface area contributed by atoms with Crippen molar-refractivity contribution in [2.75, 3.05) is 5.32 Å². The molecular weight excluding hydrogens is 266 g/mol. The van der Waals surface area contributed by atoms with Crippen LogP contribution in [0, 0.1) is 0 Å². The SMILES string of the molecule is CC(=O)Nc1cccc(COc2cccc([C@@H](C)O)c2)c1. The van der Waals surface area contributed by atoms with E-state index in [0.717, 1.165) is 16.8 Å². The van der Waals surface area contributed by atoms with Crippen LogP contribution in [0.2, 0.25) is 0 Å². The lowest BCUT2D eigenvalue weighted by Gasteiger charge is -2.10. The number of aliphatic hydroxyl groups is 1. The standard InChI is InChI=1S/C17H19NO3/c1-12(19)15-6-4-8-17(10-15)21-11-14-5-3-7-16(9-14)18-13(2)20/h3-10,12,19H,11H2,1-2H3,(H,18,20)/t12-/m1/s1. The summed E-state index contributed by atoms with van der Waals surface area (Å²) < 4.78 is 5.72. The van der Waals surface area contributed by atoms with Crippen LogP contribution in [0.5, 0.6) is 5.75 Å². The molecule has 2 rings (SSSR count). The number of nitrogens with one attached hydrogen (secondary N) is 1. The second-order valence-corrected chi connectivity index (χ2v) is 4.92. The maximum atomic E-state index is 11.0. The highest BCUT2D eigenvalue weighted by molar-refractivity contribution is 5.88. The second kappa shape index (κ2) is 6.90. The summed E-state index contributed by atoms with van der Waals surface area (Å²) >= 11 is 0. The highest BCUT2D eigenvalue weighted by atomic mass is 16.5. The van der Waals surface area contributed by atoms with Crippen molar-refractivity contribution in [1.82, 2.24) is 0 Å². The molecule has 4 nitrogen and oxygen atoms in total. The molecule has 0 heterocycles. The Morgan fingerprint density at radius 1 is 1.24 bits per heavy atom. The van der Waals surface area contributed by atoms with Crippen LogP contribution in [-0.4, -0.2) is 11.0 Å². The van der Waals surface area contributed by atoms with Crippen LogP contribution in [0.3, 0.4) is 0 Å². The Bertz CT molecular complexity index is 623. The summed E-state index contributed by atoms with van der Waals surface area (Å²) in [5.41, 5.74) is 2.53. The zero-order chi connectivity index (χ0) is 15.2. The summed E-state index contributed by atoms with van der Waals surface area (Å²) in [5.74, 6) is 0.607. The van der Waals surface area contributed by atoms with Gasteiger partial charge in [0.05, 0.1) is 6.10 Å². The van der Waals surface area contributed by atoms with Gasteiger partial charge in [0.25, 0.3) is 0 Å². The Morgan fingerprint density at radius 2 is 2.00 bits per heavy atom. The lowest BCUT2D eigenvalue weighted by Crippen LogP contribution is -2.06. The molecule has 4 heteroatoms. The van der Waals surface area contributed by atoms with Crippen LogP contribution in [0.1, 0.15) is 31.1 Å². The van der Waals surface area contributed by atoms with E-state index >= 15 is 0 Å². The van der Waals surface area contributed by atoms with E-state index in [1.807, 2.05) is 48.5 Å². The van der Waals surface area contributed by atoms with Crippen molar-refractivity contribution in [3.8, 4) is 5.75 Å². The van der Waals surface area contributed by atoms with Gasteiger partial charge in [0.2, 0.25) is 5.91 Å². The first-order valence-corrected chi connectivity index (χ1v) is 6.82. The number of aliphatic hydroxyl groups excluding tert-OH is 1. The topological polar surface area (TPSA) is 58.6 Å². The van der Waals surface area contributed by atoms with Crippen LogP contribution in [0.15, 0.2) is 48.5 Å². The van der Waals surface area contributed by atoms with E-state index < -0.39 is 6.10 Å². The zero-order valence-corrected chi connectivity index (χ0v) is 12.2. The van der Waals surface area contributed by atoms with Gasteiger partial charge in [-0.15, -0.1) is 0 Å². The smallest absolute Gasteiger partial charge is 0.221 e. The van der Waals surface area contributed by atoms with E-state index in [9.17, 15) is 9.90 Å². The lowest BCUT2D eigenvalue weighted by molar-refractivity contribution is -0.114. The third-order valence-electron chi connectivity index (χ3n) is 2.99. The third kappa shape index (κ3) is 4.61. The van der Waals surface area contributed by atoms with E-state index in [1.54, 1.807) is 6.92 Å². The maximum Gasteiger partial charge on any atom is 0.221 e. The van der Waals surface area contributed by atoms with Crippen molar-refractivity contribution in [1.29, 1.82) is 0 Å². The van der Waals surface area contributed by atoms with Gasteiger partial charge < -0.3 is 15.2 Å². The highest BCUT2D eigenvalue weighted by Gasteiger charge is 2.03. The summed E-state index contributed by atoms with van der Waals surface area (Å²) in [5, 5.41) is 12.3. The number of ether oxygens (including phenoxy) is 1. The quantitative estimate of drug-likeness (QED) is 0.886. The van der Waals surface area contributed by atoms with Crippen molar-refractivity contribution in [2.45, 2.75) is 26.6 Å². The average molecular weight is 285 g/mol. The number of hydrogen-bond acceptors (Lipinski definition) is 3. The Morgan fingerprint density at radius 3 is 2.71 bits per heavy atom. The summed E-state index contributed by atoms with van der Waals surface area (Å²) in [6.45, 7) is 3.59. The molecule has 0 unspecified atom stereocenters. The Kier molecular flexibility index (Phi) is 4.95. The summed E-state index contributed by atoms with van der Waals surface area (Å²) in [4.78, 5) is 11.0. The molecule has 110 valence electrons. The van der Waals surface area contributed by atoms with Gasteiger partial charge in [-0.05, 0) is 42.3 Å². The molecule has 2 aromatic rings. The predicted octanol–water partition coefficient (Wildman–Crippen LogP) is 3.28. The van der Waals surface area contributed by atoms with Gasteiger partial charge >= 0.3 is 0 Å². The summed E-state index contributed by atoms with van der Waals surface area (Å²) in [7, 11) is 0. The van der Waals surface area contributed by atoms with Crippen LogP contribution in [0.4, 0.5) is 5.69 Å². The molecule has 1 atom stereocenters. The van der Waals surface area contributed by atoms with Crippen LogP contribution >= 0.6 is 0 Å². The van der Waals surface area contributed by atoms with Crippen LogP contribution in [0.25, 0.3) is 0 Å². The van der Waals surface area contributed by atoms with Gasteiger partial charge in [0.1, 0.15) is 12.4 Å². The fraction of sp³-hybridized carbons (Fsp3) is 0.235. The average Bonchev–Trinajstić information content (AvgIpc) is 2.45. The zero-order valence-electron chi connectivity index (χ0n) is 12.2. The van der Waals surface area contributed by atoms with E-state index in [2.05, 4.69) is 5.32 Å². The summed E-state index contributed by atoms with van der Waals surface area (Å²) in [6, 6.07) is 14.9. The monoisotopic (exact) mass is 285 g/mol. The van der Waals surface area contributed by atoms with Crippen molar-refractivity contribution in [3.05, 3.63) is 59.7 Å². The molecule has 0 aliphatic carbocycles. The predicted molar refractivity (Wildman–Crippen MR) is 82.2 cm³/mol. The summed E-state index contributed by atoms with van der Waals surface area (Å²) in [6.07, 6.45) is -0.517. The minimum Gasteiger partial charge on any atom is -0.489 e. The highest BCUT2D eigenvalue weighted by Crippen LogP contribution is 2.20. The molecule has 0 aliphatic rings. The van der Waals surface area contributed by atoms with Crippen LogP contribution < -0.4 is 10.1 Å². The van der Waals surface area contributed by atoms with Crippen molar-refractivity contribution in [2.24, 2.45) is 0 Å². The molecule has 0 bridgehead atoms. The molecule has 0 saturated carbocycles. The molecule has 2 aromatic carbocycles. The minimum atomic E-state index is -0.517. The fourth-order valence-corrected chi connectivity index (χ4v) is 1.97. The largest absolute Gasteiger partial charge is 0.489 e. The number of hydrogen-bond donors (Lipinski definition) is 2. The number of amides is 1. The van der Waals surface area contributed by atoms with Crippen molar-refractivity contribution < 1.29 is 14.6 Å². The van der Waals surface area contributed by atoms with Gasteiger partial charge in [0.15, 0.2) is 0 Å². The fourth-order valence-electron chi connectivity index (χ4n) is 1.97. The Balaban J connectivity index is 2.02. The number of anilines is 1. The van der Waals surface area contributed by atoms with Gasteiger partial charge in [-0.1, -0.05) is 24.3 Å². The molecule has 21 heavy (non-hydrogen) atoms.